The molecule has 0 saturated carbocycles. The fourth-order valence-corrected chi connectivity index (χ4v) is 5.41. The molecule has 4 rings (SSSR count). The lowest BCUT2D eigenvalue weighted by molar-refractivity contribution is -0.123. The number of anilines is 2. The first-order chi connectivity index (χ1) is 14.0. The van der Waals surface area contributed by atoms with Crippen LogP contribution in [0.25, 0.3) is 10.2 Å². The number of nitrogens with one attached hydrogen (secondary N) is 2. The summed E-state index contributed by atoms with van der Waals surface area (Å²) in [6, 6.07) is 13.9. The lowest BCUT2D eigenvalue weighted by Crippen LogP contribution is -2.39. The van der Waals surface area contributed by atoms with Crippen molar-refractivity contribution in [2.75, 3.05) is 10.6 Å². The summed E-state index contributed by atoms with van der Waals surface area (Å²) in [5, 5.41) is 5.91. The van der Waals surface area contributed by atoms with Gasteiger partial charge in [0.25, 0.3) is 0 Å². The van der Waals surface area contributed by atoms with E-state index in [1.807, 2.05) is 30.3 Å². The minimum absolute atomic E-state index is 0.138. The van der Waals surface area contributed by atoms with E-state index in [9.17, 15) is 9.59 Å². The number of carbonyl (C=O) groups excluding carboxylic acids is 2. The van der Waals surface area contributed by atoms with Gasteiger partial charge in [-0.2, -0.15) is 0 Å². The molecule has 1 aliphatic heterocycles. The molecular formula is C22H23N3O2S2. The van der Waals surface area contributed by atoms with Gasteiger partial charge in [0.05, 0.1) is 27.1 Å². The van der Waals surface area contributed by atoms with Gasteiger partial charge in [-0.3, -0.25) is 9.59 Å². The van der Waals surface area contributed by atoms with Crippen LogP contribution in [0, 0.1) is 5.92 Å². The topological polar surface area (TPSA) is 71.1 Å². The largest absolute Gasteiger partial charge is 0.324 e. The van der Waals surface area contributed by atoms with E-state index in [0.29, 0.717) is 5.13 Å². The second-order valence-corrected chi connectivity index (χ2v) is 9.44. The van der Waals surface area contributed by atoms with Gasteiger partial charge >= 0.3 is 0 Å². The molecule has 0 bridgehead atoms. The Morgan fingerprint density at radius 3 is 2.93 bits per heavy atom. The molecular weight excluding hydrogens is 402 g/mol. The third-order valence-corrected chi connectivity index (χ3v) is 7.45. The van der Waals surface area contributed by atoms with Crippen LogP contribution >= 0.6 is 23.1 Å². The fourth-order valence-electron chi connectivity index (χ4n) is 3.31. The second-order valence-electron chi connectivity index (χ2n) is 7.23. The second kappa shape index (κ2) is 8.55. The van der Waals surface area contributed by atoms with E-state index in [1.165, 1.54) is 28.7 Å². The predicted molar refractivity (Wildman–Crippen MR) is 121 cm³/mol. The maximum absolute atomic E-state index is 12.8. The van der Waals surface area contributed by atoms with Crippen LogP contribution in [-0.4, -0.2) is 22.0 Å². The Labute approximate surface area is 178 Å². The number of thioether (sulfide) groups is 1. The number of aromatic nitrogens is 1. The van der Waals surface area contributed by atoms with Crippen LogP contribution in [0.5, 0.6) is 0 Å². The fraction of sp³-hybridized carbons (Fsp3) is 0.318. The Kier molecular flexibility index (Phi) is 5.87. The molecule has 0 spiro atoms. The number of aryl methyl sites for hydroxylation is 1. The summed E-state index contributed by atoms with van der Waals surface area (Å²) in [6.07, 6.45) is 3.38. The molecule has 2 heterocycles. The molecule has 7 heteroatoms. The first kappa shape index (κ1) is 19.9. The molecule has 1 aromatic heterocycles. The maximum Gasteiger partial charge on any atom is 0.238 e. The van der Waals surface area contributed by atoms with Crippen molar-refractivity contribution in [2.24, 2.45) is 5.92 Å². The van der Waals surface area contributed by atoms with Crippen LogP contribution in [0.4, 0.5) is 10.8 Å². The first-order valence-corrected chi connectivity index (χ1v) is 11.5. The SMILES string of the molecule is CCCCc1ccc2nc(NC(=O)C(C)C3Sc4ccccc4NC3=O)sc2c1. The number of fused-ring (bicyclic) bond motifs is 2. The van der Waals surface area contributed by atoms with Crippen molar-refractivity contribution >= 4 is 55.9 Å². The van der Waals surface area contributed by atoms with Gasteiger partial charge < -0.3 is 10.6 Å². The lowest BCUT2D eigenvalue weighted by Gasteiger charge is -2.27. The number of unbranched alkanes of at least 4 members (excludes halogenated alkanes) is 1. The molecule has 29 heavy (non-hydrogen) atoms. The van der Waals surface area contributed by atoms with Crippen LogP contribution in [0.2, 0.25) is 0 Å². The van der Waals surface area contributed by atoms with Gasteiger partial charge in [0.2, 0.25) is 11.8 Å². The van der Waals surface area contributed by atoms with Crippen molar-refractivity contribution < 1.29 is 9.59 Å². The molecule has 3 aromatic rings. The molecule has 2 aromatic carbocycles. The number of thiazole rings is 1. The van der Waals surface area contributed by atoms with Gasteiger partial charge in [-0.1, -0.05) is 49.8 Å². The number of amides is 2. The van der Waals surface area contributed by atoms with Crippen molar-refractivity contribution in [2.45, 2.75) is 43.3 Å². The van der Waals surface area contributed by atoms with Crippen LogP contribution in [-0.2, 0) is 16.0 Å². The zero-order chi connectivity index (χ0) is 20.4. The van der Waals surface area contributed by atoms with Crippen molar-refractivity contribution in [3.8, 4) is 0 Å². The highest BCUT2D eigenvalue weighted by Crippen LogP contribution is 2.38. The summed E-state index contributed by atoms with van der Waals surface area (Å²) in [5.74, 6) is -0.816. The average molecular weight is 426 g/mol. The van der Waals surface area contributed by atoms with Crippen LogP contribution in [0.3, 0.4) is 0 Å². The van der Waals surface area contributed by atoms with E-state index in [4.69, 9.17) is 0 Å². The highest BCUT2D eigenvalue weighted by Gasteiger charge is 2.35. The van der Waals surface area contributed by atoms with E-state index >= 15 is 0 Å². The van der Waals surface area contributed by atoms with Crippen LogP contribution < -0.4 is 10.6 Å². The van der Waals surface area contributed by atoms with E-state index in [0.717, 1.165) is 40.1 Å². The van der Waals surface area contributed by atoms with Gasteiger partial charge in [-0.25, -0.2) is 4.98 Å². The number of benzene rings is 2. The molecule has 150 valence electrons. The summed E-state index contributed by atoms with van der Waals surface area (Å²) in [4.78, 5) is 30.8. The van der Waals surface area contributed by atoms with E-state index in [-0.39, 0.29) is 11.8 Å². The minimum atomic E-state index is -0.486. The summed E-state index contributed by atoms with van der Waals surface area (Å²) >= 11 is 2.91. The third kappa shape index (κ3) is 4.31. The maximum atomic E-state index is 12.8. The molecule has 2 N–H and O–H groups in total. The average Bonchev–Trinajstić information content (AvgIpc) is 3.12. The van der Waals surface area contributed by atoms with Gasteiger partial charge in [0, 0.05) is 4.90 Å². The first-order valence-electron chi connectivity index (χ1n) is 9.82. The van der Waals surface area contributed by atoms with Crippen LogP contribution in [0.1, 0.15) is 32.3 Å². The molecule has 5 nitrogen and oxygen atoms in total. The van der Waals surface area contributed by atoms with E-state index in [2.05, 4.69) is 34.7 Å². The minimum Gasteiger partial charge on any atom is -0.324 e. The number of para-hydroxylation sites is 1. The highest BCUT2D eigenvalue weighted by molar-refractivity contribution is 8.01. The smallest absolute Gasteiger partial charge is 0.238 e. The Hall–Kier alpha value is -2.38. The quantitative estimate of drug-likeness (QED) is 0.560. The number of rotatable bonds is 6. The molecule has 0 saturated heterocycles. The number of hydrogen-bond donors (Lipinski definition) is 2. The van der Waals surface area contributed by atoms with Gasteiger partial charge in [0.1, 0.15) is 0 Å². The van der Waals surface area contributed by atoms with Crippen molar-refractivity contribution in [3.63, 3.8) is 0 Å². The zero-order valence-electron chi connectivity index (χ0n) is 16.4. The molecule has 1 aliphatic rings. The normalized spacial score (nSPS) is 16.9. The number of carbonyl (C=O) groups is 2. The lowest BCUT2D eigenvalue weighted by atomic mass is 10.1. The Morgan fingerprint density at radius 1 is 1.28 bits per heavy atom. The summed E-state index contributed by atoms with van der Waals surface area (Å²) in [6.45, 7) is 3.97. The van der Waals surface area contributed by atoms with Gasteiger partial charge in [0.15, 0.2) is 5.13 Å². The standard InChI is InChI=1S/C22H23N3O2S2/c1-3-4-7-14-10-11-16-18(12-14)29-22(24-16)25-20(26)13(2)19-21(27)23-15-8-5-6-9-17(15)28-19/h5-6,8-13,19H,3-4,7H2,1-2H3,(H,23,27)(H,24,25,26). The monoisotopic (exact) mass is 425 g/mol. The molecule has 2 amide bonds. The van der Waals surface area contributed by atoms with Gasteiger partial charge in [-0.15, -0.1) is 11.8 Å². The Morgan fingerprint density at radius 2 is 2.10 bits per heavy atom. The summed E-state index contributed by atoms with van der Waals surface area (Å²) in [5.41, 5.74) is 2.98. The molecule has 0 radical (unpaired) electrons. The molecule has 0 fully saturated rings. The van der Waals surface area contributed by atoms with Crippen molar-refractivity contribution in [1.29, 1.82) is 0 Å². The molecule has 2 unspecified atom stereocenters. The molecule has 2 atom stereocenters. The van der Waals surface area contributed by atoms with Crippen LogP contribution in [0.15, 0.2) is 47.4 Å². The van der Waals surface area contributed by atoms with E-state index in [1.54, 1.807) is 6.92 Å². The number of hydrogen-bond acceptors (Lipinski definition) is 5. The summed E-state index contributed by atoms with van der Waals surface area (Å²) in [7, 11) is 0. The Bertz CT molecular complexity index is 1060. The summed E-state index contributed by atoms with van der Waals surface area (Å²) < 4.78 is 1.07. The molecule has 0 aliphatic carbocycles. The Balaban J connectivity index is 1.46. The number of nitrogens with zero attached hydrogens (tertiary/aromatic N) is 1. The van der Waals surface area contributed by atoms with Gasteiger partial charge in [-0.05, 0) is 42.7 Å². The van der Waals surface area contributed by atoms with E-state index < -0.39 is 11.2 Å². The van der Waals surface area contributed by atoms with Crippen molar-refractivity contribution in [3.05, 3.63) is 48.0 Å². The zero-order valence-corrected chi connectivity index (χ0v) is 18.0. The predicted octanol–water partition coefficient (Wildman–Crippen LogP) is 5.33. The highest BCUT2D eigenvalue weighted by atomic mass is 32.2. The van der Waals surface area contributed by atoms with Crippen molar-refractivity contribution in [1.82, 2.24) is 4.98 Å². The third-order valence-electron chi connectivity index (χ3n) is 5.03.